The van der Waals surface area contributed by atoms with Crippen LogP contribution in [-0.2, 0) is 4.79 Å². The average molecular weight is 298 g/mol. The third-order valence-electron chi connectivity index (χ3n) is 3.75. The van der Waals surface area contributed by atoms with E-state index < -0.39 is 0 Å². The van der Waals surface area contributed by atoms with Crippen molar-refractivity contribution in [3.8, 4) is 0 Å². The molecule has 0 spiro atoms. The number of hydrogen-bond donors (Lipinski definition) is 1. The Balaban J connectivity index is 2.08. The molecule has 1 unspecified atom stereocenters. The lowest BCUT2D eigenvalue weighted by Crippen LogP contribution is -2.39. The van der Waals surface area contributed by atoms with Gasteiger partial charge in [0, 0.05) is 17.1 Å². The summed E-state index contributed by atoms with van der Waals surface area (Å²) in [5, 5.41) is 11.2. The van der Waals surface area contributed by atoms with Gasteiger partial charge < -0.3 is 10.0 Å². The van der Waals surface area contributed by atoms with Crippen molar-refractivity contribution in [2.75, 3.05) is 6.54 Å². The summed E-state index contributed by atoms with van der Waals surface area (Å²) >= 11 is 12.0. The number of amides is 1. The van der Waals surface area contributed by atoms with Crippen LogP contribution in [0.3, 0.4) is 0 Å². The Hall–Kier alpha value is -1.19. The molecule has 2 heterocycles. The first-order valence-electron chi connectivity index (χ1n) is 6.29. The van der Waals surface area contributed by atoms with Gasteiger partial charge in [0.05, 0.1) is 16.6 Å². The molecule has 100 valence electrons. The summed E-state index contributed by atoms with van der Waals surface area (Å²) in [6, 6.07) is 4.77. The lowest BCUT2D eigenvalue weighted by Gasteiger charge is -2.29. The molecule has 0 radical (unpaired) electrons. The number of aliphatic hydroxyl groups excluding tert-OH is 1. The highest BCUT2D eigenvalue weighted by molar-refractivity contribution is 6.37. The maximum Gasteiger partial charge on any atom is 0.258 e. The molecule has 19 heavy (non-hydrogen) atoms. The van der Waals surface area contributed by atoms with E-state index in [1.807, 2.05) is 0 Å². The van der Waals surface area contributed by atoms with Gasteiger partial charge in [-0.05, 0) is 31.4 Å². The van der Waals surface area contributed by atoms with Crippen LogP contribution in [0.1, 0.15) is 24.8 Å². The topological polar surface area (TPSA) is 40.5 Å². The Labute approximate surface area is 121 Å². The quantitative estimate of drug-likeness (QED) is 0.859. The van der Waals surface area contributed by atoms with E-state index in [0.29, 0.717) is 27.7 Å². The second kappa shape index (κ2) is 4.73. The van der Waals surface area contributed by atoms with Crippen LogP contribution in [0.4, 0.5) is 0 Å². The summed E-state index contributed by atoms with van der Waals surface area (Å²) in [5.41, 5.74) is 0.886. The third kappa shape index (κ3) is 2.01. The Morgan fingerprint density at radius 1 is 1.26 bits per heavy atom. The maximum absolute atomic E-state index is 12.4. The molecule has 1 atom stereocenters. The van der Waals surface area contributed by atoms with Crippen molar-refractivity contribution in [1.29, 1.82) is 0 Å². The van der Waals surface area contributed by atoms with E-state index in [9.17, 15) is 9.90 Å². The van der Waals surface area contributed by atoms with Gasteiger partial charge in [0.15, 0.2) is 0 Å². The highest BCUT2D eigenvalue weighted by atomic mass is 35.5. The van der Waals surface area contributed by atoms with Gasteiger partial charge in [-0.1, -0.05) is 29.3 Å². The van der Waals surface area contributed by atoms with Crippen molar-refractivity contribution >= 4 is 34.7 Å². The molecule has 0 saturated carbocycles. The second-order valence-corrected chi connectivity index (χ2v) is 5.74. The molecule has 0 bridgehead atoms. The van der Waals surface area contributed by atoms with Crippen molar-refractivity contribution < 1.29 is 9.90 Å². The van der Waals surface area contributed by atoms with E-state index in [2.05, 4.69) is 0 Å². The van der Waals surface area contributed by atoms with Crippen LogP contribution in [0.2, 0.25) is 10.0 Å². The number of fused-ring (bicyclic) bond motifs is 1. The van der Waals surface area contributed by atoms with E-state index >= 15 is 0 Å². The van der Waals surface area contributed by atoms with Crippen molar-refractivity contribution in [2.45, 2.75) is 25.3 Å². The van der Waals surface area contributed by atoms with Gasteiger partial charge >= 0.3 is 0 Å². The van der Waals surface area contributed by atoms with Gasteiger partial charge in [0.25, 0.3) is 5.91 Å². The fourth-order valence-electron chi connectivity index (χ4n) is 2.82. The molecule has 1 aromatic rings. The minimum Gasteiger partial charge on any atom is -0.509 e. The first-order valence-corrected chi connectivity index (χ1v) is 7.04. The van der Waals surface area contributed by atoms with Gasteiger partial charge in [0.2, 0.25) is 0 Å². The number of carbonyl (C=O) groups is 1. The Kier molecular flexibility index (Phi) is 3.19. The van der Waals surface area contributed by atoms with Crippen molar-refractivity contribution in [1.82, 2.24) is 4.90 Å². The molecule has 2 aliphatic heterocycles. The fraction of sp³-hybridized carbons (Fsp3) is 0.357. The Morgan fingerprint density at radius 3 is 2.74 bits per heavy atom. The number of carbonyl (C=O) groups excluding carboxylic acids is 1. The minimum atomic E-state index is -0.178. The second-order valence-electron chi connectivity index (χ2n) is 4.89. The molecular weight excluding hydrogens is 285 g/mol. The summed E-state index contributed by atoms with van der Waals surface area (Å²) in [6.45, 7) is 0.697. The summed E-state index contributed by atoms with van der Waals surface area (Å²) < 4.78 is 0. The van der Waals surface area contributed by atoms with E-state index in [1.54, 1.807) is 23.1 Å². The van der Waals surface area contributed by atoms with Crippen LogP contribution in [0.25, 0.3) is 5.57 Å². The molecule has 1 saturated heterocycles. The molecule has 1 fully saturated rings. The number of rotatable bonds is 1. The smallest absolute Gasteiger partial charge is 0.258 e. The summed E-state index contributed by atoms with van der Waals surface area (Å²) in [5.74, 6) is 0.0142. The fourth-order valence-corrected chi connectivity index (χ4v) is 3.33. The van der Waals surface area contributed by atoms with Crippen LogP contribution < -0.4 is 0 Å². The average Bonchev–Trinajstić information content (AvgIpc) is 2.64. The molecular formula is C14H13Cl2NO2. The number of nitrogens with zero attached hydrogens (tertiary/aromatic N) is 1. The highest BCUT2D eigenvalue weighted by Crippen LogP contribution is 2.39. The van der Waals surface area contributed by atoms with Crippen LogP contribution >= 0.6 is 23.2 Å². The first kappa shape index (κ1) is 12.8. The van der Waals surface area contributed by atoms with Crippen LogP contribution in [0, 0.1) is 0 Å². The van der Waals surface area contributed by atoms with E-state index in [4.69, 9.17) is 23.2 Å². The van der Waals surface area contributed by atoms with Gasteiger partial charge in [-0.15, -0.1) is 0 Å². The monoisotopic (exact) mass is 297 g/mol. The van der Waals surface area contributed by atoms with Crippen molar-refractivity contribution in [2.24, 2.45) is 0 Å². The minimum absolute atomic E-state index is 0.133. The van der Waals surface area contributed by atoms with Gasteiger partial charge in [-0.2, -0.15) is 0 Å². The van der Waals surface area contributed by atoms with Gasteiger partial charge in [0.1, 0.15) is 5.76 Å². The molecule has 1 amide bonds. The zero-order valence-electron chi connectivity index (χ0n) is 10.2. The first-order chi connectivity index (χ1) is 9.09. The third-order valence-corrected chi connectivity index (χ3v) is 4.30. The predicted molar refractivity (Wildman–Crippen MR) is 75.4 cm³/mol. The number of benzene rings is 1. The number of piperidine rings is 1. The molecule has 3 nitrogen and oxygen atoms in total. The molecule has 1 N–H and O–H groups in total. The van der Waals surface area contributed by atoms with Crippen LogP contribution in [0.5, 0.6) is 0 Å². The summed E-state index contributed by atoms with van der Waals surface area (Å²) in [7, 11) is 0. The van der Waals surface area contributed by atoms with Crippen LogP contribution in [-0.4, -0.2) is 28.5 Å². The zero-order valence-corrected chi connectivity index (χ0v) is 11.7. The molecule has 2 aliphatic rings. The van der Waals surface area contributed by atoms with Crippen LogP contribution in [0.15, 0.2) is 24.0 Å². The van der Waals surface area contributed by atoms with Gasteiger partial charge in [-0.3, -0.25) is 4.79 Å². The van der Waals surface area contributed by atoms with Crippen molar-refractivity contribution in [3.05, 3.63) is 39.6 Å². The standard InChI is InChI=1S/C14H13Cl2NO2/c15-8-4-5-9(10(16)7-8)12-13(18)11-3-1-2-6-17(11)14(12)19/h4-5,7,11,18H,1-3,6H2. The van der Waals surface area contributed by atoms with E-state index in [0.717, 1.165) is 19.3 Å². The largest absolute Gasteiger partial charge is 0.509 e. The van der Waals surface area contributed by atoms with E-state index in [-0.39, 0.29) is 17.7 Å². The van der Waals surface area contributed by atoms with Gasteiger partial charge in [-0.25, -0.2) is 0 Å². The number of aliphatic hydroxyl groups is 1. The molecule has 3 rings (SSSR count). The molecule has 1 aromatic carbocycles. The zero-order chi connectivity index (χ0) is 13.6. The molecule has 0 aromatic heterocycles. The normalized spacial score (nSPS) is 22.9. The SMILES string of the molecule is O=C1C(c2ccc(Cl)cc2Cl)=C(O)C2CCCCN12. The lowest BCUT2D eigenvalue weighted by molar-refractivity contribution is -0.126. The van der Waals surface area contributed by atoms with Crippen molar-refractivity contribution in [3.63, 3.8) is 0 Å². The molecule has 0 aliphatic carbocycles. The number of hydrogen-bond acceptors (Lipinski definition) is 2. The van der Waals surface area contributed by atoms with E-state index in [1.165, 1.54) is 0 Å². The summed E-state index contributed by atoms with van der Waals surface area (Å²) in [6.07, 6.45) is 2.82. The highest BCUT2D eigenvalue weighted by Gasteiger charge is 2.41. The Bertz CT molecular complexity index is 583. The molecule has 5 heteroatoms. The lowest BCUT2D eigenvalue weighted by atomic mass is 10.0. The summed E-state index contributed by atoms with van der Waals surface area (Å²) in [4.78, 5) is 14.1. The maximum atomic E-state index is 12.4. The predicted octanol–water partition coefficient (Wildman–Crippen LogP) is 3.66. The Morgan fingerprint density at radius 2 is 2.05 bits per heavy atom. The number of halogens is 2.